The largest absolute Gasteiger partial charge is 0.356 e. The molecule has 2 rings (SSSR count). The highest BCUT2D eigenvalue weighted by molar-refractivity contribution is 5.77. The van der Waals surface area contributed by atoms with E-state index in [0.29, 0.717) is 36.2 Å². The van der Waals surface area contributed by atoms with Crippen molar-refractivity contribution in [3.8, 4) is 0 Å². The van der Waals surface area contributed by atoms with E-state index in [2.05, 4.69) is 24.1 Å². The van der Waals surface area contributed by atoms with Crippen molar-refractivity contribution in [1.82, 2.24) is 14.9 Å². The molecule has 154 valence electrons. The number of hydrogen-bond acceptors (Lipinski definition) is 3. The van der Waals surface area contributed by atoms with Gasteiger partial charge in [-0.25, -0.2) is 4.79 Å². The van der Waals surface area contributed by atoms with Crippen LogP contribution in [0.5, 0.6) is 0 Å². The summed E-state index contributed by atoms with van der Waals surface area (Å²) in [6.45, 7) is 5.49. The fraction of sp³-hybridized carbons (Fsp3) is 0.591. The molecule has 1 atom stereocenters. The zero-order valence-electron chi connectivity index (χ0n) is 17.1. The van der Waals surface area contributed by atoms with Crippen LogP contribution in [0.25, 0.3) is 10.9 Å². The van der Waals surface area contributed by atoms with Crippen molar-refractivity contribution in [1.29, 1.82) is 0 Å². The number of hydrogen-bond donors (Lipinski definition) is 2. The standard InChI is InChI=1S/C22H33N3O3/c1-3-5-11-17(4-2)16-23-20(26)14-7-6-10-15-25-21(27)18-12-8-9-13-19(18)24-22(25)28/h8-9,12-13,17H,3-7,10-11,14-16H2,1-2H3,(H,23,26)(H,24,28)/t17-/m0/s1. The van der Waals surface area contributed by atoms with Gasteiger partial charge in [0.05, 0.1) is 10.9 Å². The number of unbranched alkanes of at least 4 members (excludes halogenated alkanes) is 3. The Morgan fingerprint density at radius 1 is 1.11 bits per heavy atom. The van der Waals surface area contributed by atoms with Crippen LogP contribution in [-0.4, -0.2) is 22.0 Å². The number of para-hydroxylation sites is 1. The second-order valence-corrected chi connectivity index (χ2v) is 7.46. The molecule has 1 amide bonds. The van der Waals surface area contributed by atoms with Crippen LogP contribution in [0.2, 0.25) is 0 Å². The number of carbonyl (C=O) groups is 1. The monoisotopic (exact) mass is 387 g/mol. The summed E-state index contributed by atoms with van der Waals surface area (Å²) in [4.78, 5) is 39.3. The van der Waals surface area contributed by atoms with E-state index in [1.54, 1.807) is 24.3 Å². The lowest BCUT2D eigenvalue weighted by Gasteiger charge is -2.15. The van der Waals surface area contributed by atoms with Gasteiger partial charge in [0.15, 0.2) is 0 Å². The maximum atomic E-state index is 12.5. The molecule has 2 aromatic rings. The number of aromatic amines is 1. The summed E-state index contributed by atoms with van der Waals surface area (Å²) in [7, 11) is 0. The zero-order chi connectivity index (χ0) is 20.4. The minimum Gasteiger partial charge on any atom is -0.356 e. The van der Waals surface area contributed by atoms with Crippen LogP contribution in [0.15, 0.2) is 33.9 Å². The quantitative estimate of drug-likeness (QED) is 0.546. The molecule has 0 aliphatic heterocycles. The van der Waals surface area contributed by atoms with E-state index in [0.717, 1.165) is 25.8 Å². The van der Waals surface area contributed by atoms with Crippen LogP contribution in [-0.2, 0) is 11.3 Å². The third-order valence-corrected chi connectivity index (χ3v) is 5.31. The summed E-state index contributed by atoms with van der Waals surface area (Å²) in [6, 6.07) is 7.03. The summed E-state index contributed by atoms with van der Waals surface area (Å²) in [5.41, 5.74) is -0.0661. The Morgan fingerprint density at radius 3 is 2.64 bits per heavy atom. The topological polar surface area (TPSA) is 84.0 Å². The third kappa shape index (κ3) is 6.36. The molecule has 2 N–H and O–H groups in total. The highest BCUT2D eigenvalue weighted by Crippen LogP contribution is 2.11. The minimum absolute atomic E-state index is 0.0932. The van der Waals surface area contributed by atoms with Gasteiger partial charge in [-0.05, 0) is 37.3 Å². The molecule has 0 fully saturated rings. The van der Waals surface area contributed by atoms with Crippen molar-refractivity contribution >= 4 is 16.8 Å². The molecule has 28 heavy (non-hydrogen) atoms. The predicted molar refractivity (Wildman–Crippen MR) is 114 cm³/mol. The second-order valence-electron chi connectivity index (χ2n) is 7.46. The normalized spacial score (nSPS) is 12.2. The van der Waals surface area contributed by atoms with Crippen molar-refractivity contribution in [2.24, 2.45) is 5.92 Å². The van der Waals surface area contributed by atoms with Gasteiger partial charge in [0.1, 0.15) is 0 Å². The van der Waals surface area contributed by atoms with E-state index in [1.807, 2.05) is 0 Å². The summed E-state index contributed by atoms with van der Waals surface area (Å²) >= 11 is 0. The number of benzene rings is 1. The van der Waals surface area contributed by atoms with Gasteiger partial charge in [-0.2, -0.15) is 0 Å². The molecule has 0 radical (unpaired) electrons. The number of amides is 1. The average molecular weight is 388 g/mol. The molecule has 6 nitrogen and oxygen atoms in total. The Morgan fingerprint density at radius 2 is 1.89 bits per heavy atom. The maximum Gasteiger partial charge on any atom is 0.328 e. The van der Waals surface area contributed by atoms with E-state index < -0.39 is 0 Å². The van der Waals surface area contributed by atoms with E-state index in [4.69, 9.17) is 0 Å². The molecule has 0 aliphatic rings. The highest BCUT2D eigenvalue weighted by atomic mass is 16.2. The first-order chi connectivity index (χ1) is 13.6. The Hall–Kier alpha value is -2.37. The Bertz CT molecular complexity index is 869. The molecule has 1 aromatic heterocycles. The van der Waals surface area contributed by atoms with E-state index >= 15 is 0 Å². The van der Waals surface area contributed by atoms with E-state index in [-0.39, 0.29) is 17.2 Å². The fourth-order valence-corrected chi connectivity index (χ4v) is 3.42. The lowest BCUT2D eigenvalue weighted by atomic mass is 9.99. The molecule has 0 saturated carbocycles. The molecule has 1 aromatic carbocycles. The number of nitrogens with zero attached hydrogens (tertiary/aromatic N) is 1. The van der Waals surface area contributed by atoms with Crippen molar-refractivity contribution in [3.05, 3.63) is 45.1 Å². The molecular weight excluding hydrogens is 354 g/mol. The highest BCUT2D eigenvalue weighted by Gasteiger charge is 2.09. The first kappa shape index (κ1) is 21.9. The third-order valence-electron chi connectivity index (χ3n) is 5.31. The second kappa shape index (κ2) is 11.5. The molecule has 6 heteroatoms. The van der Waals surface area contributed by atoms with Crippen LogP contribution in [0.4, 0.5) is 0 Å². The number of fused-ring (bicyclic) bond motifs is 1. The van der Waals surface area contributed by atoms with Gasteiger partial charge in [-0.3, -0.25) is 14.2 Å². The van der Waals surface area contributed by atoms with Crippen LogP contribution in [0.1, 0.15) is 65.2 Å². The summed E-state index contributed by atoms with van der Waals surface area (Å²) < 4.78 is 1.25. The summed E-state index contributed by atoms with van der Waals surface area (Å²) in [6.07, 6.45) is 7.42. The van der Waals surface area contributed by atoms with Gasteiger partial charge < -0.3 is 10.3 Å². The summed E-state index contributed by atoms with van der Waals surface area (Å²) in [5, 5.41) is 3.56. The maximum absolute atomic E-state index is 12.5. The molecule has 0 spiro atoms. The molecule has 0 aliphatic carbocycles. The minimum atomic E-state index is -0.376. The van der Waals surface area contributed by atoms with Crippen molar-refractivity contribution < 1.29 is 4.79 Å². The van der Waals surface area contributed by atoms with Crippen LogP contribution < -0.4 is 16.6 Å². The summed E-state index contributed by atoms with van der Waals surface area (Å²) in [5.74, 6) is 0.658. The first-order valence-corrected chi connectivity index (χ1v) is 10.5. The van der Waals surface area contributed by atoms with Gasteiger partial charge in [-0.1, -0.05) is 51.7 Å². The number of aromatic nitrogens is 2. The number of carbonyl (C=O) groups excluding carboxylic acids is 1. The molecule has 0 saturated heterocycles. The van der Waals surface area contributed by atoms with Crippen molar-refractivity contribution in [2.75, 3.05) is 6.54 Å². The van der Waals surface area contributed by atoms with Gasteiger partial charge in [0.2, 0.25) is 5.91 Å². The van der Waals surface area contributed by atoms with E-state index in [1.165, 1.54) is 23.8 Å². The first-order valence-electron chi connectivity index (χ1n) is 10.5. The lowest BCUT2D eigenvalue weighted by Crippen LogP contribution is -2.35. The van der Waals surface area contributed by atoms with Crippen LogP contribution in [0, 0.1) is 5.92 Å². The lowest BCUT2D eigenvalue weighted by molar-refractivity contribution is -0.121. The average Bonchev–Trinajstić information content (AvgIpc) is 2.70. The SMILES string of the molecule is CCCC[C@H](CC)CNC(=O)CCCCCn1c(=O)[nH]c2ccccc2c1=O. The van der Waals surface area contributed by atoms with Crippen molar-refractivity contribution in [3.63, 3.8) is 0 Å². The molecular formula is C22H33N3O3. The number of nitrogens with one attached hydrogen (secondary N) is 2. The van der Waals surface area contributed by atoms with Gasteiger partial charge in [-0.15, -0.1) is 0 Å². The van der Waals surface area contributed by atoms with Gasteiger partial charge >= 0.3 is 5.69 Å². The number of H-pyrrole nitrogens is 1. The molecule has 1 heterocycles. The van der Waals surface area contributed by atoms with Gasteiger partial charge in [0.25, 0.3) is 5.56 Å². The Kier molecular flexibility index (Phi) is 8.98. The van der Waals surface area contributed by atoms with Crippen molar-refractivity contribution in [2.45, 2.75) is 71.8 Å². The Labute approximate surface area is 166 Å². The van der Waals surface area contributed by atoms with Gasteiger partial charge in [0, 0.05) is 19.5 Å². The smallest absolute Gasteiger partial charge is 0.328 e. The fourth-order valence-electron chi connectivity index (χ4n) is 3.42. The predicted octanol–water partition coefficient (Wildman–Crippen LogP) is 3.58. The molecule has 0 unspecified atom stereocenters. The molecule has 0 bridgehead atoms. The zero-order valence-corrected chi connectivity index (χ0v) is 17.1. The Balaban J connectivity index is 1.73. The van der Waals surface area contributed by atoms with E-state index in [9.17, 15) is 14.4 Å². The van der Waals surface area contributed by atoms with Crippen LogP contribution in [0.3, 0.4) is 0 Å². The van der Waals surface area contributed by atoms with Crippen LogP contribution >= 0.6 is 0 Å². The number of rotatable bonds is 12.